The number of hydrogen-bond acceptors (Lipinski definition) is 1. The molecule has 0 aliphatic rings. The summed E-state index contributed by atoms with van der Waals surface area (Å²) in [5, 5.41) is 0. The number of rotatable bonds is 3. The molecule has 0 spiro atoms. The Morgan fingerprint density at radius 2 is 2.27 bits per heavy atom. The lowest BCUT2D eigenvalue weighted by molar-refractivity contribution is 0.442. The highest BCUT2D eigenvalue weighted by Crippen LogP contribution is 1.87. The van der Waals surface area contributed by atoms with Gasteiger partial charge in [0.15, 0.2) is 0 Å². The standard InChI is InChI=1S/C7H11FN2O/c1-9-5-6-10(7(9)11)4-2-3-8/h5-6H,2-4H2,1H3. The Hall–Kier alpha value is -1.06. The van der Waals surface area contributed by atoms with Gasteiger partial charge in [0.2, 0.25) is 0 Å². The number of halogens is 1. The predicted octanol–water partition coefficient (Wildman–Crippen LogP) is 0.546. The summed E-state index contributed by atoms with van der Waals surface area (Å²) in [6, 6.07) is 0. The van der Waals surface area contributed by atoms with Crippen LogP contribution in [0, 0.1) is 0 Å². The van der Waals surface area contributed by atoms with Gasteiger partial charge in [-0.25, -0.2) is 4.79 Å². The zero-order valence-corrected chi connectivity index (χ0v) is 6.46. The molecule has 0 aliphatic carbocycles. The van der Waals surface area contributed by atoms with Crippen molar-refractivity contribution in [1.82, 2.24) is 9.13 Å². The summed E-state index contributed by atoms with van der Waals surface area (Å²) in [6.45, 7) is 0.0947. The summed E-state index contributed by atoms with van der Waals surface area (Å²) in [5.74, 6) is 0. The fraction of sp³-hybridized carbons (Fsp3) is 0.571. The van der Waals surface area contributed by atoms with E-state index in [-0.39, 0.29) is 12.4 Å². The van der Waals surface area contributed by atoms with Crippen molar-refractivity contribution in [2.75, 3.05) is 6.67 Å². The molecule has 0 N–H and O–H groups in total. The molecular weight excluding hydrogens is 147 g/mol. The first-order valence-corrected chi connectivity index (χ1v) is 3.53. The first kappa shape index (κ1) is 8.04. The van der Waals surface area contributed by atoms with Gasteiger partial charge in [0.05, 0.1) is 6.67 Å². The number of imidazole rings is 1. The van der Waals surface area contributed by atoms with E-state index in [9.17, 15) is 9.18 Å². The third kappa shape index (κ3) is 1.69. The van der Waals surface area contributed by atoms with Crippen LogP contribution in [0.25, 0.3) is 0 Å². The molecule has 1 aromatic heterocycles. The molecule has 0 saturated carbocycles. The Labute approximate surface area is 64.1 Å². The van der Waals surface area contributed by atoms with E-state index < -0.39 is 0 Å². The van der Waals surface area contributed by atoms with Crippen LogP contribution >= 0.6 is 0 Å². The second kappa shape index (κ2) is 3.37. The Bertz CT molecular complexity index is 276. The summed E-state index contributed by atoms with van der Waals surface area (Å²) in [6.07, 6.45) is 3.74. The molecule has 0 unspecified atom stereocenters. The van der Waals surface area contributed by atoms with Crippen LogP contribution in [0.3, 0.4) is 0 Å². The monoisotopic (exact) mass is 158 g/mol. The Kier molecular flexibility index (Phi) is 2.46. The van der Waals surface area contributed by atoms with E-state index in [1.165, 1.54) is 9.13 Å². The molecule has 0 bridgehead atoms. The van der Waals surface area contributed by atoms with E-state index >= 15 is 0 Å². The van der Waals surface area contributed by atoms with Crippen molar-refractivity contribution in [3.63, 3.8) is 0 Å². The molecular formula is C7H11FN2O. The third-order valence-corrected chi connectivity index (χ3v) is 1.55. The lowest BCUT2D eigenvalue weighted by Crippen LogP contribution is -2.21. The molecule has 1 heterocycles. The maximum absolute atomic E-state index is 11.7. The van der Waals surface area contributed by atoms with Gasteiger partial charge in [-0.2, -0.15) is 0 Å². The molecule has 0 radical (unpaired) electrons. The normalized spacial score (nSPS) is 10.4. The average Bonchev–Trinajstić information content (AvgIpc) is 2.31. The van der Waals surface area contributed by atoms with Gasteiger partial charge in [-0.1, -0.05) is 0 Å². The van der Waals surface area contributed by atoms with Gasteiger partial charge >= 0.3 is 5.69 Å². The molecule has 1 rings (SSSR count). The Morgan fingerprint density at radius 1 is 1.55 bits per heavy atom. The molecule has 0 fully saturated rings. The molecule has 0 saturated heterocycles. The number of hydrogen-bond donors (Lipinski definition) is 0. The molecule has 0 aliphatic heterocycles. The van der Waals surface area contributed by atoms with Crippen molar-refractivity contribution in [2.45, 2.75) is 13.0 Å². The van der Waals surface area contributed by atoms with Crippen molar-refractivity contribution < 1.29 is 4.39 Å². The van der Waals surface area contributed by atoms with Crippen LogP contribution in [-0.2, 0) is 13.6 Å². The number of alkyl halides is 1. The van der Waals surface area contributed by atoms with Gasteiger partial charge in [-0.05, 0) is 6.42 Å². The maximum Gasteiger partial charge on any atom is 0.327 e. The smallest absolute Gasteiger partial charge is 0.302 e. The summed E-state index contributed by atoms with van der Waals surface area (Å²) < 4.78 is 14.7. The predicted molar refractivity (Wildman–Crippen MR) is 40.3 cm³/mol. The second-order valence-corrected chi connectivity index (χ2v) is 2.43. The molecule has 62 valence electrons. The van der Waals surface area contributed by atoms with Crippen LogP contribution < -0.4 is 5.69 Å². The number of aromatic nitrogens is 2. The van der Waals surface area contributed by atoms with E-state index in [1.807, 2.05) is 0 Å². The molecule has 0 aromatic carbocycles. The molecule has 0 atom stereocenters. The Balaban J connectivity index is 2.71. The van der Waals surface area contributed by atoms with Crippen LogP contribution in [0.5, 0.6) is 0 Å². The SMILES string of the molecule is Cn1ccn(CCCF)c1=O. The van der Waals surface area contributed by atoms with Crippen molar-refractivity contribution in [3.05, 3.63) is 22.9 Å². The zero-order chi connectivity index (χ0) is 8.27. The van der Waals surface area contributed by atoms with E-state index in [1.54, 1.807) is 19.4 Å². The quantitative estimate of drug-likeness (QED) is 0.631. The minimum absolute atomic E-state index is 0.0848. The van der Waals surface area contributed by atoms with Crippen molar-refractivity contribution >= 4 is 0 Å². The van der Waals surface area contributed by atoms with Gasteiger partial charge in [-0.3, -0.25) is 8.96 Å². The first-order valence-electron chi connectivity index (χ1n) is 3.53. The summed E-state index contributed by atoms with van der Waals surface area (Å²) in [7, 11) is 1.67. The van der Waals surface area contributed by atoms with E-state index in [4.69, 9.17) is 0 Å². The van der Waals surface area contributed by atoms with Crippen molar-refractivity contribution in [1.29, 1.82) is 0 Å². The molecule has 4 heteroatoms. The van der Waals surface area contributed by atoms with E-state index in [2.05, 4.69) is 0 Å². The molecule has 3 nitrogen and oxygen atoms in total. The lowest BCUT2D eigenvalue weighted by atomic mass is 10.5. The zero-order valence-electron chi connectivity index (χ0n) is 6.46. The second-order valence-electron chi connectivity index (χ2n) is 2.43. The Morgan fingerprint density at radius 3 is 2.73 bits per heavy atom. The van der Waals surface area contributed by atoms with E-state index in [0.29, 0.717) is 13.0 Å². The fourth-order valence-electron chi connectivity index (χ4n) is 0.911. The highest BCUT2D eigenvalue weighted by molar-refractivity contribution is 4.79. The van der Waals surface area contributed by atoms with Gasteiger partial charge in [0.1, 0.15) is 0 Å². The minimum Gasteiger partial charge on any atom is -0.302 e. The highest BCUT2D eigenvalue weighted by Gasteiger charge is 1.97. The van der Waals surface area contributed by atoms with E-state index in [0.717, 1.165) is 0 Å². The molecule has 11 heavy (non-hydrogen) atoms. The van der Waals surface area contributed by atoms with Crippen LogP contribution in [0.2, 0.25) is 0 Å². The van der Waals surface area contributed by atoms with Crippen molar-refractivity contribution in [3.8, 4) is 0 Å². The number of aryl methyl sites for hydroxylation is 2. The first-order chi connectivity index (χ1) is 5.25. The summed E-state index contributed by atoms with van der Waals surface area (Å²) in [5.41, 5.74) is -0.0848. The van der Waals surface area contributed by atoms with Crippen LogP contribution in [0.15, 0.2) is 17.2 Å². The lowest BCUT2D eigenvalue weighted by Gasteiger charge is -1.95. The summed E-state index contributed by atoms with van der Waals surface area (Å²) >= 11 is 0. The average molecular weight is 158 g/mol. The topological polar surface area (TPSA) is 26.9 Å². The molecule has 0 amide bonds. The largest absolute Gasteiger partial charge is 0.327 e. The highest BCUT2D eigenvalue weighted by atomic mass is 19.1. The van der Waals surface area contributed by atoms with Gasteiger partial charge in [0.25, 0.3) is 0 Å². The van der Waals surface area contributed by atoms with Gasteiger partial charge < -0.3 is 4.57 Å². The maximum atomic E-state index is 11.7. The van der Waals surface area contributed by atoms with Crippen LogP contribution in [0.1, 0.15) is 6.42 Å². The van der Waals surface area contributed by atoms with Crippen molar-refractivity contribution in [2.24, 2.45) is 7.05 Å². The molecule has 1 aromatic rings. The minimum atomic E-state index is -0.374. The van der Waals surface area contributed by atoms with Crippen LogP contribution in [0.4, 0.5) is 4.39 Å². The van der Waals surface area contributed by atoms with Gasteiger partial charge in [-0.15, -0.1) is 0 Å². The fourth-order valence-corrected chi connectivity index (χ4v) is 0.911. The third-order valence-electron chi connectivity index (χ3n) is 1.55. The number of nitrogens with zero attached hydrogens (tertiary/aromatic N) is 2. The summed E-state index contributed by atoms with van der Waals surface area (Å²) in [4.78, 5) is 11.1. The van der Waals surface area contributed by atoms with Crippen LogP contribution in [-0.4, -0.2) is 15.8 Å². The van der Waals surface area contributed by atoms with Gasteiger partial charge in [0, 0.05) is 26.0 Å².